The van der Waals surface area contributed by atoms with Crippen molar-refractivity contribution in [3.63, 3.8) is 0 Å². The summed E-state index contributed by atoms with van der Waals surface area (Å²) in [5.41, 5.74) is -3.92. The Morgan fingerprint density at radius 1 is 1.05 bits per heavy atom. The Labute approximate surface area is 214 Å². The molecule has 0 radical (unpaired) electrons. The molecule has 3 atom stereocenters. The second kappa shape index (κ2) is 9.13. The van der Waals surface area contributed by atoms with Gasteiger partial charge in [0.05, 0.1) is 33.7 Å². The van der Waals surface area contributed by atoms with Gasteiger partial charge in [-0.2, -0.15) is 17.6 Å². The summed E-state index contributed by atoms with van der Waals surface area (Å²) in [6.45, 7) is 3.14. The summed E-state index contributed by atoms with van der Waals surface area (Å²) in [5.74, 6) is -3.47. The second-order valence-corrected chi connectivity index (χ2v) is 10.8. The van der Waals surface area contributed by atoms with Crippen LogP contribution in [0.3, 0.4) is 0 Å². The molecule has 1 aromatic heterocycles. The Hall–Kier alpha value is -2.83. The summed E-state index contributed by atoms with van der Waals surface area (Å²) in [5, 5.41) is 27.8. The average Bonchev–Trinajstić information content (AvgIpc) is 3.12. The zero-order valence-electron chi connectivity index (χ0n) is 20.6. The van der Waals surface area contributed by atoms with Gasteiger partial charge in [0.1, 0.15) is 12.4 Å². The second-order valence-electron chi connectivity index (χ2n) is 10.8. The van der Waals surface area contributed by atoms with Crippen LogP contribution in [0.4, 0.5) is 26.3 Å². The van der Waals surface area contributed by atoms with E-state index in [1.807, 2.05) is 0 Å². The molecule has 1 saturated heterocycles. The third-order valence-electron chi connectivity index (χ3n) is 7.39. The molecule has 5 rings (SSSR count). The molecule has 1 aliphatic carbocycles. The molecule has 38 heavy (non-hydrogen) atoms. The first-order valence-electron chi connectivity index (χ1n) is 12.2. The fraction of sp³-hybridized carbons (Fsp3) is 0.500. The van der Waals surface area contributed by atoms with Crippen molar-refractivity contribution >= 4 is 10.9 Å². The molecule has 12 heteroatoms. The van der Waals surface area contributed by atoms with Crippen LogP contribution in [0.2, 0.25) is 0 Å². The van der Waals surface area contributed by atoms with Crippen molar-refractivity contribution in [1.82, 2.24) is 15.1 Å². The number of piperidine rings is 1. The van der Waals surface area contributed by atoms with E-state index in [2.05, 4.69) is 10.4 Å². The number of hydrogen-bond donors (Lipinski definition) is 3. The van der Waals surface area contributed by atoms with Gasteiger partial charge in [0, 0.05) is 12.1 Å². The Kier molecular flexibility index (Phi) is 6.43. The van der Waals surface area contributed by atoms with Crippen molar-refractivity contribution in [3.05, 3.63) is 59.0 Å². The van der Waals surface area contributed by atoms with Crippen LogP contribution in [0.5, 0.6) is 5.75 Å². The molecule has 2 aromatic carbocycles. The molecule has 1 saturated carbocycles. The predicted molar refractivity (Wildman–Crippen MR) is 125 cm³/mol. The van der Waals surface area contributed by atoms with E-state index in [1.54, 1.807) is 13.8 Å². The number of nitrogens with zero attached hydrogens (tertiary/aromatic N) is 2. The SMILES string of the molecule is C[C@H]1C[C@@](O)(c2ccc(F)c(F)c2)C[C@@H](COc2cc(C(F)(F)F)c3c(c2)c(F)nn3C2CC(C)(O)C2)N1. The number of nitrogens with one attached hydrogen (secondary N) is 1. The van der Waals surface area contributed by atoms with Gasteiger partial charge in [-0.15, -0.1) is 5.10 Å². The molecule has 2 fully saturated rings. The lowest BCUT2D eigenvalue weighted by Gasteiger charge is -2.41. The molecule has 1 aliphatic heterocycles. The van der Waals surface area contributed by atoms with Crippen molar-refractivity contribution in [3.8, 4) is 5.75 Å². The van der Waals surface area contributed by atoms with E-state index < -0.39 is 58.1 Å². The molecular weight excluding hydrogens is 516 g/mol. The summed E-state index contributed by atoms with van der Waals surface area (Å²) in [6.07, 6.45) is -4.34. The highest BCUT2D eigenvalue weighted by Gasteiger charge is 2.44. The van der Waals surface area contributed by atoms with Gasteiger partial charge in [0.15, 0.2) is 11.6 Å². The smallest absolute Gasteiger partial charge is 0.418 e. The number of halogens is 6. The van der Waals surface area contributed by atoms with E-state index in [4.69, 9.17) is 4.74 Å². The van der Waals surface area contributed by atoms with Gasteiger partial charge in [-0.05, 0) is 69.4 Å². The van der Waals surface area contributed by atoms with Gasteiger partial charge in [-0.25, -0.2) is 8.78 Å². The minimum atomic E-state index is -4.83. The first kappa shape index (κ1) is 26.8. The fourth-order valence-corrected chi connectivity index (χ4v) is 5.75. The minimum Gasteiger partial charge on any atom is -0.492 e. The maximum Gasteiger partial charge on any atom is 0.418 e. The normalized spacial score (nSPS) is 29.9. The first-order chi connectivity index (χ1) is 17.6. The van der Waals surface area contributed by atoms with Crippen molar-refractivity contribution in [1.29, 1.82) is 0 Å². The third kappa shape index (κ3) is 4.96. The molecule has 6 nitrogen and oxygen atoms in total. The minimum absolute atomic E-state index is 0.0185. The van der Waals surface area contributed by atoms with Crippen molar-refractivity contribution in [2.75, 3.05) is 6.61 Å². The molecule has 0 spiro atoms. The molecule has 2 aliphatic rings. The number of hydrogen-bond acceptors (Lipinski definition) is 5. The van der Waals surface area contributed by atoms with Gasteiger partial charge in [0.25, 0.3) is 0 Å². The van der Waals surface area contributed by atoms with Gasteiger partial charge < -0.3 is 20.3 Å². The van der Waals surface area contributed by atoms with Crippen molar-refractivity contribution in [2.24, 2.45) is 0 Å². The quantitative estimate of drug-likeness (QED) is 0.397. The van der Waals surface area contributed by atoms with E-state index >= 15 is 0 Å². The summed E-state index contributed by atoms with van der Waals surface area (Å²) in [6, 6.07) is 3.65. The predicted octanol–water partition coefficient (Wildman–Crippen LogP) is 4.97. The summed E-state index contributed by atoms with van der Waals surface area (Å²) < 4.78 is 90.7. The Morgan fingerprint density at radius 2 is 1.76 bits per heavy atom. The van der Waals surface area contributed by atoms with E-state index in [0.717, 1.165) is 28.9 Å². The average molecular weight is 544 g/mol. The van der Waals surface area contributed by atoms with E-state index in [1.165, 1.54) is 6.07 Å². The van der Waals surface area contributed by atoms with E-state index in [-0.39, 0.29) is 55.0 Å². The number of rotatable bonds is 5. The molecule has 0 bridgehead atoms. The van der Waals surface area contributed by atoms with Crippen LogP contribution in [-0.2, 0) is 11.8 Å². The third-order valence-corrected chi connectivity index (χ3v) is 7.39. The monoisotopic (exact) mass is 543 g/mol. The summed E-state index contributed by atoms with van der Waals surface area (Å²) in [4.78, 5) is 0. The molecule has 3 N–H and O–H groups in total. The first-order valence-corrected chi connectivity index (χ1v) is 12.2. The zero-order valence-corrected chi connectivity index (χ0v) is 20.6. The highest BCUT2D eigenvalue weighted by molar-refractivity contribution is 5.85. The number of aliphatic hydroxyl groups is 2. The number of aromatic nitrogens is 2. The standard InChI is InChI=1S/C26H27F6N3O3/c1-13-8-25(37,14-3-4-20(27)21(28)5-14)9-15(33-13)12-38-17-6-18-22(19(7-17)26(30,31)32)35(34-23(18)29)16-10-24(2,36)11-16/h3-7,13,15-16,33,36-37H,8-12H2,1-2H3/t13-,15-,16?,24?,25-/m0/s1. The lowest BCUT2D eigenvalue weighted by Crippen LogP contribution is -2.53. The number of alkyl halides is 3. The lowest BCUT2D eigenvalue weighted by atomic mass is 9.77. The van der Waals surface area contributed by atoms with Crippen molar-refractivity contribution in [2.45, 2.75) is 75.0 Å². The fourth-order valence-electron chi connectivity index (χ4n) is 5.75. The van der Waals surface area contributed by atoms with Crippen LogP contribution >= 0.6 is 0 Å². The Balaban J connectivity index is 1.41. The molecular formula is C26H27F6N3O3. The number of fused-ring (bicyclic) bond motifs is 1. The number of ether oxygens (including phenoxy) is 1. The lowest BCUT2D eigenvalue weighted by molar-refractivity contribution is -0.136. The van der Waals surface area contributed by atoms with Gasteiger partial charge in [0.2, 0.25) is 5.95 Å². The van der Waals surface area contributed by atoms with E-state index in [9.17, 15) is 36.6 Å². The molecule has 0 unspecified atom stereocenters. The van der Waals surface area contributed by atoms with E-state index in [0.29, 0.717) is 0 Å². The molecule has 2 heterocycles. The Morgan fingerprint density at radius 3 is 2.39 bits per heavy atom. The van der Waals surface area contributed by atoms with Crippen LogP contribution in [0.15, 0.2) is 30.3 Å². The maximum absolute atomic E-state index is 14.7. The van der Waals surface area contributed by atoms with Crippen molar-refractivity contribution < 1.29 is 41.3 Å². The van der Waals surface area contributed by atoms with Crippen LogP contribution in [0, 0.1) is 17.6 Å². The maximum atomic E-state index is 14.7. The Bertz CT molecular complexity index is 1370. The van der Waals surface area contributed by atoms with Gasteiger partial charge in [-0.1, -0.05) is 6.07 Å². The summed E-state index contributed by atoms with van der Waals surface area (Å²) in [7, 11) is 0. The molecule has 3 aromatic rings. The van der Waals surface area contributed by atoms with Crippen LogP contribution in [-0.4, -0.2) is 44.3 Å². The topological polar surface area (TPSA) is 79.5 Å². The van der Waals surface area contributed by atoms with Crippen LogP contribution in [0.1, 0.15) is 56.7 Å². The molecule has 206 valence electrons. The van der Waals surface area contributed by atoms with Gasteiger partial charge >= 0.3 is 6.18 Å². The van der Waals surface area contributed by atoms with Crippen LogP contribution < -0.4 is 10.1 Å². The molecule has 0 amide bonds. The largest absolute Gasteiger partial charge is 0.492 e. The van der Waals surface area contributed by atoms with Crippen LogP contribution in [0.25, 0.3) is 10.9 Å². The number of benzene rings is 2. The highest BCUT2D eigenvalue weighted by Crippen LogP contribution is 2.45. The summed E-state index contributed by atoms with van der Waals surface area (Å²) >= 11 is 0. The van der Waals surface area contributed by atoms with Gasteiger partial charge in [-0.3, -0.25) is 4.68 Å². The zero-order chi connectivity index (χ0) is 27.6. The highest BCUT2D eigenvalue weighted by atomic mass is 19.4.